The maximum absolute atomic E-state index is 12.4. The summed E-state index contributed by atoms with van der Waals surface area (Å²) < 4.78 is 1.85. The summed E-state index contributed by atoms with van der Waals surface area (Å²) in [5.41, 5.74) is 2.19. The van der Waals surface area contributed by atoms with E-state index in [1.807, 2.05) is 72.0 Å². The number of hydrogen-bond acceptors (Lipinski definition) is 3. The zero-order valence-electron chi connectivity index (χ0n) is 13.6. The second-order valence-electron chi connectivity index (χ2n) is 5.48. The Balaban J connectivity index is 1.90. The number of benzene rings is 1. The predicted octanol–water partition coefficient (Wildman–Crippen LogP) is 2.04. The molecule has 0 fully saturated rings. The summed E-state index contributed by atoms with van der Waals surface area (Å²) in [6, 6.07) is 10.0. The van der Waals surface area contributed by atoms with Crippen LogP contribution in [0.15, 0.2) is 42.7 Å². The maximum atomic E-state index is 12.4. The Bertz CT molecular complexity index is 575. The highest BCUT2D eigenvalue weighted by atomic mass is 16.2. The number of anilines is 1. The molecule has 5 nitrogen and oxygen atoms in total. The highest BCUT2D eigenvalue weighted by molar-refractivity contribution is 5.78. The van der Waals surface area contributed by atoms with E-state index in [0.29, 0.717) is 13.0 Å². The van der Waals surface area contributed by atoms with Gasteiger partial charge >= 0.3 is 0 Å². The van der Waals surface area contributed by atoms with Crippen molar-refractivity contribution in [3.8, 4) is 0 Å². The van der Waals surface area contributed by atoms with Gasteiger partial charge in [0, 0.05) is 45.3 Å². The highest BCUT2D eigenvalue weighted by Crippen LogP contribution is 2.13. The lowest BCUT2D eigenvalue weighted by molar-refractivity contribution is -0.130. The molecule has 0 saturated heterocycles. The van der Waals surface area contributed by atoms with E-state index in [4.69, 9.17) is 0 Å². The van der Waals surface area contributed by atoms with Crippen LogP contribution < -0.4 is 4.90 Å². The minimum absolute atomic E-state index is 0.159. The third kappa shape index (κ3) is 4.35. The largest absolute Gasteiger partial charge is 0.378 e. The fraction of sp³-hybridized carbons (Fsp3) is 0.412. The molecule has 2 aromatic rings. The number of rotatable bonds is 7. The van der Waals surface area contributed by atoms with Crippen LogP contribution >= 0.6 is 0 Å². The fourth-order valence-electron chi connectivity index (χ4n) is 2.31. The van der Waals surface area contributed by atoms with Crippen molar-refractivity contribution < 1.29 is 4.79 Å². The van der Waals surface area contributed by atoms with Gasteiger partial charge in [-0.3, -0.25) is 9.48 Å². The van der Waals surface area contributed by atoms with Crippen LogP contribution in [-0.4, -0.2) is 47.8 Å². The summed E-state index contributed by atoms with van der Waals surface area (Å²) in [6.45, 7) is 4.14. The molecule has 0 atom stereocenters. The Hall–Kier alpha value is -2.30. The van der Waals surface area contributed by atoms with E-state index < -0.39 is 0 Å². The van der Waals surface area contributed by atoms with Gasteiger partial charge in [0.15, 0.2) is 0 Å². The zero-order chi connectivity index (χ0) is 15.9. The van der Waals surface area contributed by atoms with E-state index in [-0.39, 0.29) is 5.91 Å². The Morgan fingerprint density at radius 2 is 1.95 bits per heavy atom. The first-order valence-electron chi connectivity index (χ1n) is 7.61. The van der Waals surface area contributed by atoms with Gasteiger partial charge in [0.05, 0.1) is 13.0 Å². The lowest BCUT2D eigenvalue weighted by atomic mass is 10.1. The van der Waals surface area contributed by atoms with Gasteiger partial charge < -0.3 is 9.80 Å². The molecule has 2 rings (SSSR count). The Labute approximate surface area is 132 Å². The minimum atomic E-state index is 0.159. The van der Waals surface area contributed by atoms with Crippen molar-refractivity contribution in [2.75, 3.05) is 32.1 Å². The lowest BCUT2D eigenvalue weighted by Crippen LogP contribution is -2.34. The molecule has 0 unspecified atom stereocenters. The fourth-order valence-corrected chi connectivity index (χ4v) is 2.31. The summed E-state index contributed by atoms with van der Waals surface area (Å²) in [7, 11) is 4.02. The van der Waals surface area contributed by atoms with Crippen LogP contribution in [0.5, 0.6) is 0 Å². The van der Waals surface area contributed by atoms with E-state index in [0.717, 1.165) is 24.3 Å². The summed E-state index contributed by atoms with van der Waals surface area (Å²) in [6.07, 6.45) is 4.11. The van der Waals surface area contributed by atoms with Crippen LogP contribution in [0.2, 0.25) is 0 Å². The smallest absolute Gasteiger partial charge is 0.227 e. The highest BCUT2D eigenvalue weighted by Gasteiger charge is 2.12. The molecule has 0 N–H and O–H groups in total. The summed E-state index contributed by atoms with van der Waals surface area (Å²) in [4.78, 5) is 16.3. The maximum Gasteiger partial charge on any atom is 0.227 e. The van der Waals surface area contributed by atoms with Gasteiger partial charge in [-0.1, -0.05) is 12.1 Å². The number of nitrogens with zero attached hydrogens (tertiary/aromatic N) is 4. The molecule has 1 heterocycles. The third-order valence-electron chi connectivity index (χ3n) is 3.70. The van der Waals surface area contributed by atoms with E-state index >= 15 is 0 Å². The third-order valence-corrected chi connectivity index (χ3v) is 3.70. The Morgan fingerprint density at radius 1 is 1.23 bits per heavy atom. The molecule has 1 aromatic carbocycles. The number of likely N-dealkylation sites (N-methyl/N-ethyl adjacent to an activating group) is 1. The molecule has 0 spiro atoms. The van der Waals surface area contributed by atoms with Gasteiger partial charge in [-0.2, -0.15) is 5.10 Å². The normalized spacial score (nSPS) is 10.5. The molecule has 0 aliphatic heterocycles. The van der Waals surface area contributed by atoms with Crippen LogP contribution in [0, 0.1) is 0 Å². The Kier molecular flexibility index (Phi) is 5.58. The molecule has 0 saturated carbocycles. The van der Waals surface area contributed by atoms with E-state index in [1.54, 1.807) is 6.20 Å². The van der Waals surface area contributed by atoms with Gasteiger partial charge in [0.1, 0.15) is 0 Å². The first-order chi connectivity index (χ1) is 10.6. The van der Waals surface area contributed by atoms with Crippen molar-refractivity contribution in [1.29, 1.82) is 0 Å². The van der Waals surface area contributed by atoms with Crippen molar-refractivity contribution >= 4 is 11.6 Å². The van der Waals surface area contributed by atoms with Gasteiger partial charge in [-0.05, 0) is 30.7 Å². The van der Waals surface area contributed by atoms with Gasteiger partial charge in [0.25, 0.3) is 0 Å². The summed E-state index contributed by atoms with van der Waals surface area (Å²) in [5, 5.41) is 4.17. The van der Waals surface area contributed by atoms with Crippen LogP contribution in [0.3, 0.4) is 0 Å². The number of carbonyl (C=O) groups excluding carboxylic acids is 1. The molecule has 0 bridgehead atoms. The Morgan fingerprint density at radius 3 is 2.50 bits per heavy atom. The predicted molar refractivity (Wildman–Crippen MR) is 89.0 cm³/mol. The molecule has 1 aromatic heterocycles. The second-order valence-corrected chi connectivity index (χ2v) is 5.48. The number of hydrogen-bond donors (Lipinski definition) is 0. The topological polar surface area (TPSA) is 41.4 Å². The van der Waals surface area contributed by atoms with Gasteiger partial charge in [-0.15, -0.1) is 0 Å². The molecular weight excluding hydrogens is 276 g/mol. The van der Waals surface area contributed by atoms with Crippen molar-refractivity contribution in [1.82, 2.24) is 14.7 Å². The molecule has 5 heteroatoms. The van der Waals surface area contributed by atoms with E-state index in [2.05, 4.69) is 5.10 Å². The van der Waals surface area contributed by atoms with Crippen molar-refractivity contribution in [2.45, 2.75) is 19.9 Å². The molecule has 0 radical (unpaired) electrons. The van der Waals surface area contributed by atoms with Crippen molar-refractivity contribution in [3.63, 3.8) is 0 Å². The molecular formula is C17H24N4O. The van der Waals surface area contributed by atoms with Crippen LogP contribution in [0.1, 0.15) is 12.5 Å². The van der Waals surface area contributed by atoms with Crippen LogP contribution in [-0.2, 0) is 17.8 Å². The molecule has 118 valence electrons. The zero-order valence-corrected chi connectivity index (χ0v) is 13.6. The van der Waals surface area contributed by atoms with Gasteiger partial charge in [0.2, 0.25) is 5.91 Å². The molecule has 0 aliphatic rings. The molecule has 22 heavy (non-hydrogen) atoms. The van der Waals surface area contributed by atoms with E-state index in [1.165, 1.54) is 0 Å². The average molecular weight is 300 g/mol. The van der Waals surface area contributed by atoms with Crippen molar-refractivity contribution in [3.05, 3.63) is 48.3 Å². The number of aromatic nitrogens is 2. The first-order valence-corrected chi connectivity index (χ1v) is 7.61. The number of amides is 1. The minimum Gasteiger partial charge on any atom is -0.378 e. The second kappa shape index (κ2) is 7.64. The molecule has 0 aliphatic carbocycles. The average Bonchev–Trinajstić information content (AvgIpc) is 3.01. The summed E-state index contributed by atoms with van der Waals surface area (Å²) in [5.74, 6) is 0.159. The molecule has 1 amide bonds. The first kappa shape index (κ1) is 16.1. The SMILES string of the molecule is CCN(CCn1cccn1)C(=O)Cc1ccc(N(C)C)cc1. The van der Waals surface area contributed by atoms with Crippen LogP contribution in [0.25, 0.3) is 0 Å². The summed E-state index contributed by atoms with van der Waals surface area (Å²) >= 11 is 0. The quantitative estimate of drug-likeness (QED) is 0.786. The standard InChI is InChI=1S/C17H24N4O/c1-4-20(12-13-21-11-5-10-18-21)17(22)14-15-6-8-16(9-7-15)19(2)3/h5-11H,4,12-14H2,1-3H3. The number of carbonyl (C=O) groups is 1. The monoisotopic (exact) mass is 300 g/mol. The van der Waals surface area contributed by atoms with Gasteiger partial charge in [-0.25, -0.2) is 0 Å². The lowest BCUT2D eigenvalue weighted by Gasteiger charge is -2.21. The van der Waals surface area contributed by atoms with E-state index in [9.17, 15) is 4.79 Å². The van der Waals surface area contributed by atoms with Crippen LogP contribution in [0.4, 0.5) is 5.69 Å². The van der Waals surface area contributed by atoms with Crippen molar-refractivity contribution in [2.24, 2.45) is 0 Å².